The largest absolute Gasteiger partial charge is 0.411 e. The van der Waals surface area contributed by atoms with E-state index >= 15 is 0 Å². The molecule has 0 atom stereocenters. The van der Waals surface area contributed by atoms with Crippen LogP contribution in [-0.4, -0.2) is 11.4 Å². The molecule has 0 amide bonds. The van der Waals surface area contributed by atoms with Gasteiger partial charge in [0.05, 0.1) is 6.21 Å². The summed E-state index contributed by atoms with van der Waals surface area (Å²) >= 11 is 0. The van der Waals surface area contributed by atoms with Crippen LogP contribution < -0.4 is 0 Å². The first kappa shape index (κ1) is 10.7. The smallest absolute Gasteiger partial charge is 0.0664 e. The van der Waals surface area contributed by atoms with E-state index in [9.17, 15) is 0 Å². The van der Waals surface area contributed by atoms with Crippen LogP contribution in [0.1, 0.15) is 20.8 Å². The van der Waals surface area contributed by atoms with Gasteiger partial charge in [-0.05, 0) is 32.4 Å². The highest BCUT2D eigenvalue weighted by Gasteiger charge is 1.77. The molecule has 0 heterocycles. The molecule has 0 aromatic heterocycles. The molecular formula is C10H15NO. The fraction of sp³-hybridized carbons (Fsp3) is 0.300. The Labute approximate surface area is 73.6 Å². The van der Waals surface area contributed by atoms with Crippen molar-refractivity contribution in [3.8, 4) is 0 Å². The molecular weight excluding hydrogens is 150 g/mol. The minimum Gasteiger partial charge on any atom is -0.411 e. The van der Waals surface area contributed by atoms with E-state index in [1.54, 1.807) is 6.08 Å². The van der Waals surface area contributed by atoms with Crippen molar-refractivity contribution >= 4 is 6.21 Å². The van der Waals surface area contributed by atoms with Gasteiger partial charge in [0.2, 0.25) is 0 Å². The van der Waals surface area contributed by atoms with Gasteiger partial charge >= 0.3 is 0 Å². The van der Waals surface area contributed by atoms with Gasteiger partial charge in [-0.3, -0.25) is 0 Å². The fourth-order valence-corrected chi connectivity index (χ4v) is 0.599. The van der Waals surface area contributed by atoms with Gasteiger partial charge in [-0.15, -0.1) is 0 Å². The van der Waals surface area contributed by atoms with Crippen LogP contribution in [0, 0.1) is 0 Å². The Bertz CT molecular complexity index is 230. The molecule has 0 aliphatic carbocycles. The van der Waals surface area contributed by atoms with Gasteiger partial charge in [-0.2, -0.15) is 0 Å². The van der Waals surface area contributed by atoms with E-state index in [0.29, 0.717) is 0 Å². The van der Waals surface area contributed by atoms with Gasteiger partial charge in [0.1, 0.15) is 0 Å². The van der Waals surface area contributed by atoms with Crippen molar-refractivity contribution < 1.29 is 5.21 Å². The molecule has 1 N–H and O–H groups in total. The SMILES string of the molecule is CC(C)=C/C=C/C(C)=C/C=N/O. The van der Waals surface area contributed by atoms with Crippen LogP contribution in [0.3, 0.4) is 0 Å². The van der Waals surface area contributed by atoms with Gasteiger partial charge in [0.25, 0.3) is 0 Å². The third-order valence-electron chi connectivity index (χ3n) is 1.19. The average molecular weight is 165 g/mol. The van der Waals surface area contributed by atoms with Crippen molar-refractivity contribution in [1.82, 2.24) is 0 Å². The monoisotopic (exact) mass is 165 g/mol. The Kier molecular flexibility index (Phi) is 5.70. The zero-order chi connectivity index (χ0) is 9.40. The number of nitrogens with zero attached hydrogens (tertiary/aromatic N) is 1. The first-order valence-electron chi connectivity index (χ1n) is 3.82. The molecule has 0 radical (unpaired) electrons. The molecule has 2 heteroatoms. The maximum absolute atomic E-state index is 8.12. The molecule has 0 fully saturated rings. The lowest BCUT2D eigenvalue weighted by Crippen LogP contribution is -1.70. The minimum absolute atomic E-state index is 1.05. The van der Waals surface area contributed by atoms with Gasteiger partial charge in [0.15, 0.2) is 0 Å². The molecule has 0 rings (SSSR count). The maximum atomic E-state index is 8.12. The van der Waals surface area contributed by atoms with Gasteiger partial charge < -0.3 is 5.21 Å². The molecule has 0 saturated heterocycles. The van der Waals surface area contributed by atoms with Crippen molar-refractivity contribution in [2.45, 2.75) is 20.8 Å². The van der Waals surface area contributed by atoms with Crippen LogP contribution in [0.25, 0.3) is 0 Å². The summed E-state index contributed by atoms with van der Waals surface area (Å²) < 4.78 is 0. The molecule has 2 nitrogen and oxygen atoms in total. The Balaban J connectivity index is 4.08. The summed E-state index contributed by atoms with van der Waals surface area (Å²) in [6, 6.07) is 0. The highest BCUT2D eigenvalue weighted by Crippen LogP contribution is 1.95. The van der Waals surface area contributed by atoms with Crippen molar-refractivity contribution in [2.24, 2.45) is 5.16 Å². The summed E-state index contributed by atoms with van der Waals surface area (Å²) in [5.41, 5.74) is 2.31. The summed E-state index contributed by atoms with van der Waals surface area (Å²) in [7, 11) is 0. The van der Waals surface area contributed by atoms with E-state index in [1.165, 1.54) is 11.8 Å². The summed E-state index contributed by atoms with van der Waals surface area (Å²) in [6.07, 6.45) is 9.02. The van der Waals surface area contributed by atoms with E-state index in [2.05, 4.69) is 5.16 Å². The lowest BCUT2D eigenvalue weighted by atomic mass is 10.2. The van der Waals surface area contributed by atoms with Crippen molar-refractivity contribution in [1.29, 1.82) is 0 Å². The lowest BCUT2D eigenvalue weighted by molar-refractivity contribution is 0.322. The molecule has 0 aliphatic heterocycles. The van der Waals surface area contributed by atoms with Gasteiger partial charge in [0, 0.05) is 0 Å². The summed E-state index contributed by atoms with van der Waals surface area (Å²) in [5, 5.41) is 11.0. The zero-order valence-corrected chi connectivity index (χ0v) is 7.78. The third kappa shape index (κ3) is 6.81. The highest BCUT2D eigenvalue weighted by molar-refractivity contribution is 5.72. The van der Waals surface area contributed by atoms with Crippen molar-refractivity contribution in [3.63, 3.8) is 0 Å². The number of hydrogen-bond acceptors (Lipinski definition) is 2. The van der Waals surface area contributed by atoms with Crippen LogP contribution in [0.15, 0.2) is 40.6 Å². The van der Waals surface area contributed by atoms with Crippen molar-refractivity contribution in [2.75, 3.05) is 0 Å². The van der Waals surface area contributed by atoms with E-state index < -0.39 is 0 Å². The van der Waals surface area contributed by atoms with E-state index in [1.807, 2.05) is 39.0 Å². The molecule has 66 valence electrons. The number of oxime groups is 1. The van der Waals surface area contributed by atoms with Gasteiger partial charge in [-0.1, -0.05) is 29.0 Å². The molecule has 0 unspecified atom stereocenters. The summed E-state index contributed by atoms with van der Waals surface area (Å²) in [6.45, 7) is 6.02. The van der Waals surface area contributed by atoms with Crippen LogP contribution in [0.4, 0.5) is 0 Å². The molecule has 0 aromatic rings. The zero-order valence-electron chi connectivity index (χ0n) is 7.78. The average Bonchev–Trinajstić information content (AvgIpc) is 2.00. The molecule has 0 bridgehead atoms. The predicted octanol–water partition coefficient (Wildman–Crippen LogP) is 2.92. The Hall–Kier alpha value is -1.31. The summed E-state index contributed by atoms with van der Waals surface area (Å²) in [5.74, 6) is 0. The number of allylic oxidation sites excluding steroid dienone is 6. The first-order valence-corrected chi connectivity index (χ1v) is 3.82. The standard InChI is InChI=1S/C10H15NO/c1-9(2)5-4-6-10(3)7-8-11-12/h4-8,12H,1-3H3/b6-4+,10-7+,11-8+. The third-order valence-corrected chi connectivity index (χ3v) is 1.19. The van der Waals surface area contributed by atoms with Crippen LogP contribution in [0.5, 0.6) is 0 Å². The second-order valence-electron chi connectivity index (χ2n) is 2.78. The lowest BCUT2D eigenvalue weighted by Gasteiger charge is -1.86. The molecule has 12 heavy (non-hydrogen) atoms. The van der Waals surface area contributed by atoms with Gasteiger partial charge in [-0.25, -0.2) is 0 Å². The Morgan fingerprint density at radius 3 is 2.33 bits per heavy atom. The predicted molar refractivity (Wildman–Crippen MR) is 52.6 cm³/mol. The van der Waals surface area contributed by atoms with Crippen LogP contribution >= 0.6 is 0 Å². The molecule has 0 aliphatic rings. The normalized spacial score (nSPS) is 12.8. The first-order chi connectivity index (χ1) is 5.66. The quantitative estimate of drug-likeness (QED) is 0.296. The topological polar surface area (TPSA) is 32.6 Å². The van der Waals surface area contributed by atoms with E-state index in [4.69, 9.17) is 5.21 Å². The fourth-order valence-electron chi connectivity index (χ4n) is 0.599. The number of hydrogen-bond donors (Lipinski definition) is 1. The highest BCUT2D eigenvalue weighted by atomic mass is 16.4. The molecule has 0 saturated carbocycles. The van der Waals surface area contributed by atoms with Crippen LogP contribution in [-0.2, 0) is 0 Å². The van der Waals surface area contributed by atoms with Crippen molar-refractivity contribution in [3.05, 3.63) is 35.5 Å². The molecule has 0 spiro atoms. The second-order valence-corrected chi connectivity index (χ2v) is 2.78. The second kappa shape index (κ2) is 6.40. The van der Waals surface area contributed by atoms with Crippen LogP contribution in [0.2, 0.25) is 0 Å². The van der Waals surface area contributed by atoms with E-state index in [-0.39, 0.29) is 0 Å². The van der Waals surface area contributed by atoms with E-state index in [0.717, 1.165) is 5.57 Å². The maximum Gasteiger partial charge on any atom is 0.0664 e. The Morgan fingerprint density at radius 1 is 1.17 bits per heavy atom. The Morgan fingerprint density at radius 2 is 1.83 bits per heavy atom. The number of rotatable bonds is 3. The molecule has 0 aromatic carbocycles. The minimum atomic E-state index is 1.05. The summed E-state index contributed by atoms with van der Waals surface area (Å²) in [4.78, 5) is 0.